The summed E-state index contributed by atoms with van der Waals surface area (Å²) in [5, 5.41) is 17.0. The van der Waals surface area contributed by atoms with Crippen LogP contribution in [-0.2, 0) is 0 Å². The summed E-state index contributed by atoms with van der Waals surface area (Å²) in [6, 6.07) is 1.88. The Morgan fingerprint density at radius 3 is 2.94 bits per heavy atom. The fraction of sp³-hybridized carbons (Fsp3) is 0.545. The van der Waals surface area contributed by atoms with Gasteiger partial charge in [-0.25, -0.2) is 4.98 Å². The zero-order valence-electron chi connectivity index (χ0n) is 10.3. The van der Waals surface area contributed by atoms with Crippen molar-refractivity contribution in [1.82, 2.24) is 19.6 Å². The first kappa shape index (κ1) is 11.8. The molecule has 1 atom stereocenters. The van der Waals surface area contributed by atoms with Gasteiger partial charge in [0.1, 0.15) is 12.1 Å². The molecule has 6 heteroatoms. The molecule has 0 spiro atoms. The van der Waals surface area contributed by atoms with Crippen LogP contribution in [0.25, 0.3) is 5.78 Å². The van der Waals surface area contributed by atoms with Crippen molar-refractivity contribution in [3.63, 3.8) is 0 Å². The minimum atomic E-state index is -0.387. The highest BCUT2D eigenvalue weighted by Crippen LogP contribution is 2.11. The van der Waals surface area contributed by atoms with Gasteiger partial charge in [0.05, 0.1) is 6.10 Å². The SMILES string of the molecule is Cc1cc(NCC(O)C(C)C)n2ncnc2n1. The summed E-state index contributed by atoms with van der Waals surface area (Å²) in [5.74, 6) is 1.58. The lowest BCUT2D eigenvalue weighted by Crippen LogP contribution is -2.25. The van der Waals surface area contributed by atoms with Gasteiger partial charge in [0.25, 0.3) is 5.78 Å². The number of aryl methyl sites for hydroxylation is 1. The second kappa shape index (κ2) is 4.67. The molecular weight excluding hydrogens is 218 g/mol. The average Bonchev–Trinajstić information content (AvgIpc) is 2.72. The maximum Gasteiger partial charge on any atom is 0.254 e. The van der Waals surface area contributed by atoms with Crippen molar-refractivity contribution in [2.45, 2.75) is 26.9 Å². The summed E-state index contributed by atoms with van der Waals surface area (Å²) in [4.78, 5) is 8.29. The van der Waals surface area contributed by atoms with E-state index in [1.54, 1.807) is 4.52 Å². The molecule has 2 aromatic rings. The molecule has 0 radical (unpaired) electrons. The van der Waals surface area contributed by atoms with E-state index in [-0.39, 0.29) is 12.0 Å². The number of rotatable bonds is 4. The topological polar surface area (TPSA) is 75.3 Å². The normalized spacial score (nSPS) is 13.2. The van der Waals surface area contributed by atoms with Crippen LogP contribution in [0.4, 0.5) is 5.82 Å². The number of aliphatic hydroxyl groups excluding tert-OH is 1. The summed E-state index contributed by atoms with van der Waals surface area (Å²) in [6.07, 6.45) is 1.08. The smallest absolute Gasteiger partial charge is 0.254 e. The van der Waals surface area contributed by atoms with Gasteiger partial charge in [0.2, 0.25) is 0 Å². The van der Waals surface area contributed by atoms with Crippen LogP contribution in [0.5, 0.6) is 0 Å². The second-order valence-electron chi connectivity index (χ2n) is 4.45. The minimum absolute atomic E-state index is 0.219. The van der Waals surface area contributed by atoms with Crippen molar-refractivity contribution in [3.8, 4) is 0 Å². The Balaban J connectivity index is 2.20. The maximum atomic E-state index is 9.76. The molecule has 0 aromatic carbocycles. The van der Waals surface area contributed by atoms with Gasteiger partial charge in [0.15, 0.2) is 0 Å². The standard InChI is InChI=1S/C11H17N5O/c1-7(2)9(17)5-12-10-4-8(3)15-11-13-6-14-16(10)11/h4,6-7,9,12,17H,5H2,1-3H3. The molecule has 17 heavy (non-hydrogen) atoms. The molecule has 1 unspecified atom stereocenters. The molecule has 0 bridgehead atoms. The minimum Gasteiger partial charge on any atom is -0.391 e. The van der Waals surface area contributed by atoms with Gasteiger partial charge >= 0.3 is 0 Å². The van der Waals surface area contributed by atoms with E-state index < -0.39 is 0 Å². The predicted octanol–water partition coefficient (Wildman–Crippen LogP) is 0.862. The first-order valence-electron chi connectivity index (χ1n) is 5.67. The Hall–Kier alpha value is -1.69. The number of nitrogens with one attached hydrogen (secondary N) is 1. The zero-order chi connectivity index (χ0) is 12.4. The molecule has 0 amide bonds. The third kappa shape index (κ3) is 2.52. The Morgan fingerprint density at radius 2 is 2.24 bits per heavy atom. The van der Waals surface area contributed by atoms with Crippen LogP contribution >= 0.6 is 0 Å². The summed E-state index contributed by atoms with van der Waals surface area (Å²) >= 11 is 0. The number of aromatic nitrogens is 4. The monoisotopic (exact) mass is 235 g/mol. The van der Waals surface area contributed by atoms with Crippen LogP contribution in [0.1, 0.15) is 19.5 Å². The summed E-state index contributed by atoms with van der Waals surface area (Å²) in [5.41, 5.74) is 0.868. The van der Waals surface area contributed by atoms with Crippen molar-refractivity contribution in [3.05, 3.63) is 18.1 Å². The number of anilines is 1. The summed E-state index contributed by atoms with van der Waals surface area (Å²) < 4.78 is 1.63. The zero-order valence-corrected chi connectivity index (χ0v) is 10.3. The van der Waals surface area contributed by atoms with Gasteiger partial charge in [-0.2, -0.15) is 14.6 Å². The van der Waals surface area contributed by atoms with Gasteiger partial charge in [0, 0.05) is 18.3 Å². The highest BCUT2D eigenvalue weighted by molar-refractivity contribution is 5.44. The average molecular weight is 235 g/mol. The van der Waals surface area contributed by atoms with Crippen LogP contribution < -0.4 is 5.32 Å². The van der Waals surface area contributed by atoms with Gasteiger partial charge in [-0.1, -0.05) is 13.8 Å². The molecule has 2 rings (SSSR count). The lowest BCUT2D eigenvalue weighted by atomic mass is 10.1. The second-order valence-corrected chi connectivity index (χ2v) is 4.45. The maximum absolute atomic E-state index is 9.76. The lowest BCUT2D eigenvalue weighted by Gasteiger charge is -2.16. The third-order valence-electron chi connectivity index (χ3n) is 2.64. The van der Waals surface area contributed by atoms with Crippen LogP contribution in [-0.4, -0.2) is 37.3 Å². The molecule has 2 heterocycles. The van der Waals surface area contributed by atoms with Gasteiger partial charge in [-0.05, 0) is 12.8 Å². The first-order chi connectivity index (χ1) is 8.08. The van der Waals surface area contributed by atoms with Gasteiger partial charge in [-0.15, -0.1) is 0 Å². The van der Waals surface area contributed by atoms with E-state index in [2.05, 4.69) is 20.4 Å². The number of hydrogen-bond donors (Lipinski definition) is 2. The molecule has 0 saturated heterocycles. The fourth-order valence-corrected chi connectivity index (χ4v) is 1.50. The number of fused-ring (bicyclic) bond motifs is 1. The van der Waals surface area contributed by atoms with Gasteiger partial charge < -0.3 is 10.4 Å². The van der Waals surface area contributed by atoms with E-state index >= 15 is 0 Å². The predicted molar refractivity (Wildman–Crippen MR) is 64.9 cm³/mol. The van der Waals surface area contributed by atoms with Crippen molar-refractivity contribution >= 4 is 11.6 Å². The van der Waals surface area contributed by atoms with E-state index in [1.165, 1.54) is 6.33 Å². The summed E-state index contributed by atoms with van der Waals surface area (Å²) in [6.45, 7) is 6.35. The van der Waals surface area contributed by atoms with Crippen LogP contribution in [0.2, 0.25) is 0 Å². The van der Waals surface area contributed by atoms with Gasteiger partial charge in [-0.3, -0.25) is 0 Å². The molecule has 92 valence electrons. The van der Waals surface area contributed by atoms with Crippen LogP contribution in [0.15, 0.2) is 12.4 Å². The van der Waals surface area contributed by atoms with E-state index in [9.17, 15) is 5.11 Å². The van der Waals surface area contributed by atoms with Crippen molar-refractivity contribution in [1.29, 1.82) is 0 Å². The molecule has 0 saturated carbocycles. The van der Waals surface area contributed by atoms with E-state index in [0.29, 0.717) is 12.3 Å². The Kier molecular flexibility index (Phi) is 3.23. The molecule has 6 nitrogen and oxygen atoms in total. The number of nitrogens with zero attached hydrogens (tertiary/aromatic N) is 4. The van der Waals surface area contributed by atoms with Crippen LogP contribution in [0.3, 0.4) is 0 Å². The van der Waals surface area contributed by atoms with Crippen LogP contribution in [0, 0.1) is 12.8 Å². The highest BCUT2D eigenvalue weighted by Gasteiger charge is 2.10. The summed E-state index contributed by atoms with van der Waals surface area (Å²) in [7, 11) is 0. The Bertz CT molecular complexity index is 508. The van der Waals surface area contributed by atoms with Crippen molar-refractivity contribution < 1.29 is 5.11 Å². The molecule has 2 N–H and O–H groups in total. The molecule has 0 aliphatic carbocycles. The third-order valence-corrected chi connectivity index (χ3v) is 2.64. The molecule has 2 aromatic heterocycles. The number of hydrogen-bond acceptors (Lipinski definition) is 5. The Morgan fingerprint density at radius 1 is 1.47 bits per heavy atom. The molecule has 0 fully saturated rings. The molecular formula is C11H17N5O. The first-order valence-corrected chi connectivity index (χ1v) is 5.67. The van der Waals surface area contributed by atoms with E-state index in [0.717, 1.165) is 11.5 Å². The van der Waals surface area contributed by atoms with E-state index in [4.69, 9.17) is 0 Å². The van der Waals surface area contributed by atoms with Crippen molar-refractivity contribution in [2.24, 2.45) is 5.92 Å². The van der Waals surface area contributed by atoms with Crippen molar-refractivity contribution in [2.75, 3.05) is 11.9 Å². The quantitative estimate of drug-likeness (QED) is 0.822. The Labute approximate surface area is 99.7 Å². The highest BCUT2D eigenvalue weighted by atomic mass is 16.3. The lowest BCUT2D eigenvalue weighted by molar-refractivity contribution is 0.138. The number of aliphatic hydroxyl groups is 1. The van der Waals surface area contributed by atoms with E-state index in [1.807, 2.05) is 26.8 Å². The molecule has 0 aliphatic rings. The largest absolute Gasteiger partial charge is 0.391 e. The molecule has 0 aliphatic heterocycles. The fourth-order valence-electron chi connectivity index (χ4n) is 1.50.